The topological polar surface area (TPSA) is 75.3 Å². The Labute approximate surface area is 122 Å². The van der Waals surface area contributed by atoms with Crippen LogP contribution in [-0.2, 0) is 12.7 Å². The molecule has 0 bridgehead atoms. The molecule has 0 radical (unpaired) electrons. The number of aromatic nitrogens is 2. The van der Waals surface area contributed by atoms with Crippen LogP contribution in [0.5, 0.6) is 0 Å². The molecule has 0 atom stereocenters. The number of nitrogen functional groups attached to an aromatic ring is 1. The lowest BCUT2D eigenvalue weighted by Crippen LogP contribution is -2.22. The van der Waals surface area contributed by atoms with E-state index in [1.54, 1.807) is 30.3 Å². The summed E-state index contributed by atoms with van der Waals surface area (Å²) in [5, 5.41) is 9.59. The summed E-state index contributed by atoms with van der Waals surface area (Å²) in [5.41, 5.74) is 4.50. The Bertz CT molecular complexity index is 636. The van der Waals surface area contributed by atoms with Crippen molar-refractivity contribution in [1.29, 1.82) is 0 Å². The highest BCUT2D eigenvalue weighted by atomic mass is 35.5. The molecule has 112 valence electrons. The third kappa shape index (κ3) is 3.53. The molecule has 2 aromatic rings. The fourth-order valence-corrected chi connectivity index (χ4v) is 1.93. The second kappa shape index (κ2) is 5.74. The predicted molar refractivity (Wildman–Crippen MR) is 70.9 cm³/mol. The first-order valence-electron chi connectivity index (χ1n) is 5.69. The number of alkyl halides is 3. The third-order valence-electron chi connectivity index (χ3n) is 2.54. The maximum Gasteiger partial charge on any atom is 0.435 e. The van der Waals surface area contributed by atoms with Gasteiger partial charge in [0.25, 0.3) is 0 Å². The summed E-state index contributed by atoms with van der Waals surface area (Å²) in [4.78, 5) is 6.62. The van der Waals surface area contributed by atoms with Crippen molar-refractivity contribution in [2.45, 2.75) is 12.7 Å². The molecule has 0 aliphatic carbocycles. The summed E-state index contributed by atoms with van der Waals surface area (Å²) in [5.74, 6) is -1.13. The summed E-state index contributed by atoms with van der Waals surface area (Å²) in [6, 6.07) is 8.59. The molecule has 0 amide bonds. The van der Waals surface area contributed by atoms with Gasteiger partial charge in [-0.15, -0.1) is 0 Å². The normalized spacial score (nSPS) is 11.5. The molecule has 9 heteroatoms. The fraction of sp³-hybridized carbons (Fsp3) is 0.167. The van der Waals surface area contributed by atoms with Gasteiger partial charge in [0, 0.05) is 0 Å². The number of nitrogens with zero attached hydrogens (tertiary/aromatic N) is 3. The largest absolute Gasteiger partial charge is 0.435 e. The minimum atomic E-state index is -4.80. The molecule has 3 N–H and O–H groups in total. The summed E-state index contributed by atoms with van der Waals surface area (Å²) in [6.45, 7) is -0.103. The van der Waals surface area contributed by atoms with E-state index >= 15 is 0 Å². The van der Waals surface area contributed by atoms with Crippen LogP contribution in [0.4, 0.5) is 24.9 Å². The standard InChI is InChI=1S/C12H10ClF3N4O/c13-8-9(12(14,15)16)18-11(17)19-10(8)20(21)6-7-4-2-1-3-5-7/h1-5,21H,6H2,(H2,17,18,19). The Hall–Kier alpha value is -2.06. The van der Waals surface area contributed by atoms with E-state index in [0.29, 0.717) is 10.6 Å². The van der Waals surface area contributed by atoms with E-state index in [4.69, 9.17) is 17.3 Å². The van der Waals surface area contributed by atoms with Crippen LogP contribution in [0.15, 0.2) is 30.3 Å². The van der Waals surface area contributed by atoms with Crippen molar-refractivity contribution in [3.63, 3.8) is 0 Å². The van der Waals surface area contributed by atoms with Gasteiger partial charge in [-0.3, -0.25) is 5.21 Å². The van der Waals surface area contributed by atoms with Crippen molar-refractivity contribution < 1.29 is 18.4 Å². The zero-order valence-corrected chi connectivity index (χ0v) is 11.2. The van der Waals surface area contributed by atoms with Gasteiger partial charge in [-0.1, -0.05) is 41.9 Å². The smallest absolute Gasteiger partial charge is 0.368 e. The second-order valence-corrected chi connectivity index (χ2v) is 4.49. The lowest BCUT2D eigenvalue weighted by atomic mass is 10.2. The third-order valence-corrected chi connectivity index (χ3v) is 2.89. The van der Waals surface area contributed by atoms with E-state index < -0.39 is 28.7 Å². The van der Waals surface area contributed by atoms with Gasteiger partial charge in [-0.05, 0) is 5.56 Å². The molecule has 0 aliphatic rings. The quantitative estimate of drug-likeness (QED) is 0.850. The molecule has 1 heterocycles. The molecule has 0 saturated heterocycles. The average molecular weight is 319 g/mol. The lowest BCUT2D eigenvalue weighted by molar-refractivity contribution is -0.141. The van der Waals surface area contributed by atoms with E-state index in [0.717, 1.165) is 0 Å². The summed E-state index contributed by atoms with van der Waals surface area (Å²) >= 11 is 5.62. The number of hydroxylamine groups is 1. The SMILES string of the molecule is Nc1nc(N(O)Cc2ccccc2)c(Cl)c(C(F)(F)F)n1. The van der Waals surface area contributed by atoms with E-state index in [2.05, 4.69) is 9.97 Å². The number of rotatable bonds is 3. The van der Waals surface area contributed by atoms with Gasteiger partial charge in [0.1, 0.15) is 5.02 Å². The Morgan fingerprint density at radius 1 is 1.19 bits per heavy atom. The van der Waals surface area contributed by atoms with Crippen LogP contribution in [0.25, 0.3) is 0 Å². The first kappa shape index (κ1) is 15.3. The molecule has 1 aromatic heterocycles. The van der Waals surface area contributed by atoms with Crippen molar-refractivity contribution >= 4 is 23.4 Å². The first-order chi connectivity index (χ1) is 9.79. The van der Waals surface area contributed by atoms with Crippen LogP contribution in [0.3, 0.4) is 0 Å². The van der Waals surface area contributed by atoms with Gasteiger partial charge >= 0.3 is 6.18 Å². The Morgan fingerprint density at radius 2 is 1.81 bits per heavy atom. The van der Waals surface area contributed by atoms with Crippen molar-refractivity contribution in [2.75, 3.05) is 10.8 Å². The number of hydrogen-bond acceptors (Lipinski definition) is 5. The molecule has 0 fully saturated rings. The zero-order valence-electron chi connectivity index (χ0n) is 10.5. The summed E-state index contributed by atoms with van der Waals surface area (Å²) in [7, 11) is 0. The van der Waals surface area contributed by atoms with Crippen molar-refractivity contribution in [3.8, 4) is 0 Å². The Kier molecular flexibility index (Phi) is 4.19. The minimum Gasteiger partial charge on any atom is -0.368 e. The molecule has 2 rings (SSSR count). The molecule has 0 unspecified atom stereocenters. The second-order valence-electron chi connectivity index (χ2n) is 4.11. The van der Waals surface area contributed by atoms with Crippen LogP contribution >= 0.6 is 11.6 Å². The van der Waals surface area contributed by atoms with Crippen LogP contribution < -0.4 is 10.8 Å². The molecular weight excluding hydrogens is 309 g/mol. The predicted octanol–water partition coefficient (Wildman–Crippen LogP) is 3.13. The first-order valence-corrected chi connectivity index (χ1v) is 6.07. The van der Waals surface area contributed by atoms with E-state index in [9.17, 15) is 18.4 Å². The summed E-state index contributed by atoms with van der Waals surface area (Å²) < 4.78 is 38.3. The van der Waals surface area contributed by atoms with E-state index in [1.165, 1.54) is 0 Å². The van der Waals surface area contributed by atoms with Gasteiger partial charge in [0.2, 0.25) is 5.95 Å². The Morgan fingerprint density at radius 3 is 2.38 bits per heavy atom. The van der Waals surface area contributed by atoms with Crippen LogP contribution in [-0.4, -0.2) is 15.2 Å². The van der Waals surface area contributed by atoms with Crippen LogP contribution in [0.2, 0.25) is 5.02 Å². The average Bonchev–Trinajstić information content (AvgIpc) is 2.40. The van der Waals surface area contributed by atoms with Crippen molar-refractivity contribution in [2.24, 2.45) is 0 Å². The summed E-state index contributed by atoms with van der Waals surface area (Å²) in [6.07, 6.45) is -4.80. The van der Waals surface area contributed by atoms with Gasteiger partial charge in [0.15, 0.2) is 11.5 Å². The van der Waals surface area contributed by atoms with Crippen molar-refractivity contribution in [1.82, 2.24) is 9.97 Å². The zero-order chi connectivity index (χ0) is 15.6. The van der Waals surface area contributed by atoms with Gasteiger partial charge < -0.3 is 5.73 Å². The number of hydrogen-bond donors (Lipinski definition) is 2. The van der Waals surface area contributed by atoms with Crippen molar-refractivity contribution in [3.05, 3.63) is 46.6 Å². The molecule has 0 aliphatic heterocycles. The Balaban J connectivity index is 2.37. The van der Waals surface area contributed by atoms with Gasteiger partial charge in [-0.2, -0.15) is 18.2 Å². The van der Waals surface area contributed by atoms with Crippen LogP contribution in [0, 0.1) is 0 Å². The lowest BCUT2D eigenvalue weighted by Gasteiger charge is -2.19. The van der Waals surface area contributed by atoms with E-state index in [1.807, 2.05) is 0 Å². The number of nitrogens with two attached hydrogens (primary N) is 1. The molecule has 21 heavy (non-hydrogen) atoms. The number of benzene rings is 1. The highest BCUT2D eigenvalue weighted by Crippen LogP contribution is 2.37. The van der Waals surface area contributed by atoms with Crippen LogP contribution in [0.1, 0.15) is 11.3 Å². The highest BCUT2D eigenvalue weighted by Gasteiger charge is 2.38. The molecule has 0 spiro atoms. The number of halogens is 4. The maximum absolute atomic E-state index is 12.8. The fourth-order valence-electron chi connectivity index (χ4n) is 1.64. The van der Waals surface area contributed by atoms with E-state index in [-0.39, 0.29) is 6.54 Å². The van der Waals surface area contributed by atoms with Gasteiger partial charge in [-0.25, -0.2) is 10.0 Å². The maximum atomic E-state index is 12.8. The van der Waals surface area contributed by atoms with Gasteiger partial charge in [0.05, 0.1) is 6.54 Å². The minimum absolute atomic E-state index is 0.103. The molecule has 0 saturated carbocycles. The number of anilines is 2. The molecular formula is C12H10ClF3N4O. The molecule has 1 aromatic carbocycles. The molecule has 5 nitrogen and oxygen atoms in total. The highest BCUT2D eigenvalue weighted by molar-refractivity contribution is 6.33. The monoisotopic (exact) mass is 318 g/mol.